The topological polar surface area (TPSA) is 69.6 Å². The lowest BCUT2D eigenvalue weighted by molar-refractivity contribution is -0.129. The van der Waals surface area contributed by atoms with Crippen LogP contribution in [-0.2, 0) is 9.59 Å². The molecule has 5 heteroatoms. The van der Waals surface area contributed by atoms with Gasteiger partial charge >= 0.3 is 0 Å². The summed E-state index contributed by atoms with van der Waals surface area (Å²) in [6.45, 7) is 9.97. The van der Waals surface area contributed by atoms with Crippen molar-refractivity contribution in [2.45, 2.75) is 47.0 Å². The van der Waals surface area contributed by atoms with E-state index in [4.69, 9.17) is 0 Å². The van der Waals surface area contributed by atoms with Crippen molar-refractivity contribution in [3.05, 3.63) is 0 Å². The summed E-state index contributed by atoms with van der Waals surface area (Å²) in [5, 5.41) is 12.5. The van der Waals surface area contributed by atoms with Gasteiger partial charge in [0.25, 0.3) is 0 Å². The molecule has 2 amide bonds. The van der Waals surface area contributed by atoms with Gasteiger partial charge in [0, 0.05) is 31.5 Å². The maximum Gasteiger partial charge on any atom is 0.225 e. The number of nitrogens with zero attached hydrogens (tertiary/aromatic N) is 1. The molecule has 5 nitrogen and oxygen atoms in total. The zero-order valence-corrected chi connectivity index (χ0v) is 13.8. The Morgan fingerprint density at radius 3 is 2.52 bits per heavy atom. The van der Waals surface area contributed by atoms with Crippen LogP contribution >= 0.6 is 0 Å². The Labute approximate surface area is 128 Å². The zero-order valence-electron chi connectivity index (χ0n) is 13.8. The minimum absolute atomic E-state index is 0.0608. The van der Waals surface area contributed by atoms with E-state index in [9.17, 15) is 14.7 Å². The molecular formula is C16H30N2O3. The summed E-state index contributed by atoms with van der Waals surface area (Å²) in [6.07, 6.45) is 1.95. The molecule has 1 rings (SSSR count). The first kappa shape index (κ1) is 18.0. The number of aliphatic hydroxyl groups excluding tert-OH is 1. The van der Waals surface area contributed by atoms with Gasteiger partial charge in [0.15, 0.2) is 0 Å². The van der Waals surface area contributed by atoms with Crippen LogP contribution < -0.4 is 5.32 Å². The Morgan fingerprint density at radius 2 is 2.05 bits per heavy atom. The molecule has 21 heavy (non-hydrogen) atoms. The van der Waals surface area contributed by atoms with Crippen molar-refractivity contribution in [1.82, 2.24) is 10.2 Å². The van der Waals surface area contributed by atoms with Crippen LogP contribution in [0.3, 0.4) is 0 Å². The highest BCUT2D eigenvalue weighted by molar-refractivity contribution is 5.89. The second-order valence-electron chi connectivity index (χ2n) is 6.68. The average Bonchev–Trinajstić information content (AvgIpc) is 2.81. The van der Waals surface area contributed by atoms with E-state index in [-0.39, 0.29) is 29.8 Å². The number of nitrogens with one attached hydrogen (secondary N) is 1. The van der Waals surface area contributed by atoms with Crippen molar-refractivity contribution in [2.24, 2.45) is 17.3 Å². The van der Waals surface area contributed by atoms with Crippen molar-refractivity contribution in [3.63, 3.8) is 0 Å². The van der Waals surface area contributed by atoms with E-state index in [0.29, 0.717) is 32.0 Å². The zero-order chi connectivity index (χ0) is 16.0. The Bertz CT molecular complexity index is 356. The first-order valence-electron chi connectivity index (χ1n) is 8.03. The highest BCUT2D eigenvalue weighted by Crippen LogP contribution is 2.25. The number of carbonyl (C=O) groups is 2. The molecule has 0 aromatic carbocycles. The molecule has 0 aromatic heterocycles. The number of likely N-dealkylation sites (tertiary alicyclic amines) is 1. The van der Waals surface area contributed by atoms with Crippen LogP contribution in [0.25, 0.3) is 0 Å². The fourth-order valence-electron chi connectivity index (χ4n) is 2.76. The predicted molar refractivity (Wildman–Crippen MR) is 82.6 cm³/mol. The van der Waals surface area contributed by atoms with Crippen LogP contribution in [0, 0.1) is 17.3 Å². The number of carbonyl (C=O) groups excluding carboxylic acids is 2. The third-order valence-corrected chi connectivity index (χ3v) is 4.64. The molecule has 0 aliphatic carbocycles. The van der Waals surface area contributed by atoms with Gasteiger partial charge in [-0.15, -0.1) is 0 Å². The van der Waals surface area contributed by atoms with E-state index in [1.54, 1.807) is 4.90 Å². The lowest BCUT2D eigenvalue weighted by atomic mass is 9.83. The van der Waals surface area contributed by atoms with Gasteiger partial charge in [-0.05, 0) is 18.8 Å². The van der Waals surface area contributed by atoms with Crippen LogP contribution in [0.5, 0.6) is 0 Å². The normalized spacial score (nSPS) is 19.4. The van der Waals surface area contributed by atoms with Crippen molar-refractivity contribution < 1.29 is 14.7 Å². The lowest BCUT2D eigenvalue weighted by Crippen LogP contribution is -2.42. The number of hydrogen-bond donors (Lipinski definition) is 2. The van der Waals surface area contributed by atoms with Gasteiger partial charge in [0.2, 0.25) is 11.8 Å². The molecule has 122 valence electrons. The van der Waals surface area contributed by atoms with Gasteiger partial charge in [0.05, 0.1) is 12.5 Å². The summed E-state index contributed by atoms with van der Waals surface area (Å²) in [7, 11) is 0. The molecule has 0 saturated carbocycles. The molecule has 1 fully saturated rings. The number of rotatable bonds is 8. The molecule has 1 aliphatic rings. The molecule has 1 aliphatic heterocycles. The van der Waals surface area contributed by atoms with Crippen LogP contribution in [0.2, 0.25) is 0 Å². The van der Waals surface area contributed by atoms with Crippen molar-refractivity contribution in [3.8, 4) is 0 Å². The van der Waals surface area contributed by atoms with Crippen LogP contribution in [0.4, 0.5) is 0 Å². The van der Waals surface area contributed by atoms with Gasteiger partial charge in [-0.3, -0.25) is 9.59 Å². The summed E-state index contributed by atoms with van der Waals surface area (Å²) in [5.41, 5.74) is -0.240. The fraction of sp³-hybridized carbons (Fsp3) is 0.875. The first-order valence-corrected chi connectivity index (χ1v) is 8.03. The minimum Gasteiger partial charge on any atom is -0.396 e. The number of hydrogen-bond acceptors (Lipinski definition) is 3. The van der Waals surface area contributed by atoms with Gasteiger partial charge in [0.1, 0.15) is 0 Å². The second kappa shape index (κ2) is 7.78. The molecule has 1 unspecified atom stereocenters. The molecular weight excluding hydrogens is 268 g/mol. The quantitative estimate of drug-likeness (QED) is 0.712. The molecule has 0 spiro atoms. The maximum atomic E-state index is 12.2. The summed E-state index contributed by atoms with van der Waals surface area (Å²) in [6, 6.07) is 0. The van der Waals surface area contributed by atoms with E-state index in [0.717, 1.165) is 12.8 Å². The van der Waals surface area contributed by atoms with E-state index in [2.05, 4.69) is 19.2 Å². The summed E-state index contributed by atoms with van der Waals surface area (Å²) < 4.78 is 0. The number of amides is 2. The highest BCUT2D eigenvalue weighted by atomic mass is 16.3. The summed E-state index contributed by atoms with van der Waals surface area (Å²) in [4.78, 5) is 25.9. The average molecular weight is 298 g/mol. The molecule has 0 bridgehead atoms. The first-order chi connectivity index (χ1) is 9.87. The SMILES string of the molecule is CCC(CC)(CO)CNC(=O)C1CC(=O)N(CC(C)C)C1. The smallest absolute Gasteiger partial charge is 0.225 e. The van der Waals surface area contributed by atoms with Gasteiger partial charge in [-0.1, -0.05) is 27.7 Å². The van der Waals surface area contributed by atoms with E-state index < -0.39 is 0 Å². The molecule has 0 aromatic rings. The third-order valence-electron chi connectivity index (χ3n) is 4.64. The van der Waals surface area contributed by atoms with Gasteiger partial charge < -0.3 is 15.3 Å². The minimum atomic E-state index is -0.249. The summed E-state index contributed by atoms with van der Waals surface area (Å²) >= 11 is 0. The summed E-state index contributed by atoms with van der Waals surface area (Å²) in [5.74, 6) is 0.178. The molecule has 0 radical (unpaired) electrons. The monoisotopic (exact) mass is 298 g/mol. The largest absolute Gasteiger partial charge is 0.396 e. The van der Waals surface area contributed by atoms with Crippen molar-refractivity contribution in [2.75, 3.05) is 26.2 Å². The van der Waals surface area contributed by atoms with E-state index in [1.165, 1.54) is 0 Å². The van der Waals surface area contributed by atoms with Crippen molar-refractivity contribution in [1.29, 1.82) is 0 Å². The Kier molecular flexibility index (Phi) is 6.65. The number of aliphatic hydroxyl groups is 1. The molecule has 1 saturated heterocycles. The van der Waals surface area contributed by atoms with Crippen molar-refractivity contribution >= 4 is 11.8 Å². The Balaban J connectivity index is 2.52. The van der Waals surface area contributed by atoms with Crippen LogP contribution in [0.15, 0.2) is 0 Å². The highest BCUT2D eigenvalue weighted by Gasteiger charge is 2.35. The maximum absolute atomic E-state index is 12.2. The van der Waals surface area contributed by atoms with Gasteiger partial charge in [-0.25, -0.2) is 0 Å². The van der Waals surface area contributed by atoms with Crippen LogP contribution in [0.1, 0.15) is 47.0 Å². The van der Waals surface area contributed by atoms with E-state index in [1.807, 2.05) is 13.8 Å². The standard InChI is InChI=1S/C16H30N2O3/c1-5-16(6-2,11-19)10-17-15(21)13-7-14(20)18(9-13)8-12(3)4/h12-13,19H,5-11H2,1-4H3,(H,17,21). The lowest BCUT2D eigenvalue weighted by Gasteiger charge is -2.30. The third kappa shape index (κ3) is 4.70. The van der Waals surface area contributed by atoms with E-state index >= 15 is 0 Å². The Morgan fingerprint density at radius 1 is 1.43 bits per heavy atom. The molecule has 1 atom stereocenters. The molecule has 1 heterocycles. The van der Waals surface area contributed by atoms with Crippen LogP contribution in [-0.4, -0.2) is 48.1 Å². The fourth-order valence-corrected chi connectivity index (χ4v) is 2.76. The van der Waals surface area contributed by atoms with Gasteiger partial charge in [-0.2, -0.15) is 0 Å². The second-order valence-corrected chi connectivity index (χ2v) is 6.68. The Hall–Kier alpha value is -1.10. The predicted octanol–water partition coefficient (Wildman–Crippen LogP) is 1.41. The molecule has 2 N–H and O–H groups in total.